The van der Waals surface area contributed by atoms with Crippen molar-refractivity contribution in [2.75, 3.05) is 6.61 Å². The van der Waals surface area contributed by atoms with E-state index >= 15 is 0 Å². The molecule has 0 radical (unpaired) electrons. The van der Waals surface area contributed by atoms with Crippen LogP contribution in [-0.4, -0.2) is 18.4 Å². The molecule has 2 N–H and O–H groups in total. The van der Waals surface area contributed by atoms with Gasteiger partial charge >= 0.3 is 0 Å². The highest BCUT2D eigenvalue weighted by Crippen LogP contribution is 2.30. The average Bonchev–Trinajstić information content (AvgIpc) is 2.75. The van der Waals surface area contributed by atoms with Crippen molar-refractivity contribution in [3.8, 4) is 5.75 Å². The SMILES string of the molecule is CC(N)CCCC(=O)c1cccc2c1OCC2. The monoisotopic (exact) mass is 233 g/mol. The highest BCUT2D eigenvalue weighted by molar-refractivity contribution is 5.99. The van der Waals surface area contributed by atoms with E-state index < -0.39 is 0 Å². The van der Waals surface area contributed by atoms with E-state index in [0.29, 0.717) is 13.0 Å². The molecule has 1 aromatic carbocycles. The van der Waals surface area contributed by atoms with Crippen LogP contribution < -0.4 is 10.5 Å². The number of rotatable bonds is 5. The normalized spacial score (nSPS) is 15.2. The van der Waals surface area contributed by atoms with Gasteiger partial charge in [-0.25, -0.2) is 0 Å². The highest BCUT2D eigenvalue weighted by atomic mass is 16.5. The predicted molar refractivity (Wildman–Crippen MR) is 67.5 cm³/mol. The third-order valence-corrected chi connectivity index (χ3v) is 3.08. The molecule has 0 bridgehead atoms. The molecule has 0 aliphatic carbocycles. The van der Waals surface area contributed by atoms with Gasteiger partial charge in [0, 0.05) is 18.9 Å². The molecule has 0 fully saturated rings. The van der Waals surface area contributed by atoms with Crippen LogP contribution >= 0.6 is 0 Å². The topological polar surface area (TPSA) is 52.3 Å². The zero-order chi connectivity index (χ0) is 12.3. The Hall–Kier alpha value is -1.35. The second-order valence-electron chi connectivity index (χ2n) is 4.68. The van der Waals surface area contributed by atoms with Crippen molar-refractivity contribution in [1.82, 2.24) is 0 Å². The van der Waals surface area contributed by atoms with E-state index in [0.717, 1.165) is 36.1 Å². The van der Waals surface area contributed by atoms with Crippen molar-refractivity contribution < 1.29 is 9.53 Å². The minimum atomic E-state index is 0.167. The van der Waals surface area contributed by atoms with Gasteiger partial charge in [-0.1, -0.05) is 12.1 Å². The quantitative estimate of drug-likeness (QED) is 0.794. The van der Waals surface area contributed by atoms with Crippen LogP contribution in [0.4, 0.5) is 0 Å². The standard InChI is InChI=1S/C14H19NO2/c1-10(15)4-2-7-13(16)12-6-3-5-11-8-9-17-14(11)12/h3,5-6,10H,2,4,7-9,15H2,1H3. The third-order valence-electron chi connectivity index (χ3n) is 3.08. The van der Waals surface area contributed by atoms with Gasteiger partial charge in [-0.2, -0.15) is 0 Å². The molecule has 1 atom stereocenters. The molecule has 17 heavy (non-hydrogen) atoms. The second kappa shape index (κ2) is 5.32. The molecule has 0 saturated heterocycles. The lowest BCUT2D eigenvalue weighted by molar-refractivity contribution is 0.0976. The maximum absolute atomic E-state index is 12.1. The van der Waals surface area contributed by atoms with E-state index in [-0.39, 0.29) is 11.8 Å². The smallest absolute Gasteiger partial charge is 0.166 e. The Bertz CT molecular complexity index is 413. The lowest BCUT2D eigenvalue weighted by Crippen LogP contribution is -2.14. The molecule has 1 aromatic rings. The third kappa shape index (κ3) is 2.86. The molecule has 1 aliphatic heterocycles. The zero-order valence-corrected chi connectivity index (χ0v) is 10.2. The number of ketones is 1. The summed E-state index contributed by atoms with van der Waals surface area (Å²) in [6.45, 7) is 2.66. The van der Waals surface area contributed by atoms with Crippen LogP contribution in [0.25, 0.3) is 0 Å². The molecule has 0 spiro atoms. The molecule has 1 heterocycles. The fourth-order valence-electron chi connectivity index (χ4n) is 2.15. The molecule has 1 aliphatic rings. The summed E-state index contributed by atoms with van der Waals surface area (Å²) in [7, 11) is 0. The maximum Gasteiger partial charge on any atom is 0.166 e. The first-order valence-corrected chi connectivity index (χ1v) is 6.22. The number of carbonyl (C=O) groups excluding carboxylic acids is 1. The predicted octanol–water partition coefficient (Wildman–Crippen LogP) is 2.32. The first-order valence-electron chi connectivity index (χ1n) is 6.22. The highest BCUT2D eigenvalue weighted by Gasteiger charge is 2.19. The summed E-state index contributed by atoms with van der Waals surface area (Å²) < 4.78 is 5.53. The van der Waals surface area contributed by atoms with Gasteiger partial charge in [-0.05, 0) is 31.4 Å². The number of ether oxygens (including phenoxy) is 1. The van der Waals surface area contributed by atoms with Gasteiger partial charge in [0.1, 0.15) is 5.75 Å². The number of para-hydroxylation sites is 1. The van der Waals surface area contributed by atoms with Crippen LogP contribution in [0.2, 0.25) is 0 Å². The van der Waals surface area contributed by atoms with Crippen molar-refractivity contribution >= 4 is 5.78 Å². The number of hydrogen-bond acceptors (Lipinski definition) is 3. The lowest BCUT2D eigenvalue weighted by Gasteiger charge is -2.08. The van der Waals surface area contributed by atoms with Gasteiger partial charge in [-0.3, -0.25) is 4.79 Å². The van der Waals surface area contributed by atoms with Gasteiger partial charge in [0.2, 0.25) is 0 Å². The number of carbonyl (C=O) groups is 1. The Morgan fingerprint density at radius 3 is 3.12 bits per heavy atom. The molecule has 1 unspecified atom stereocenters. The summed E-state index contributed by atoms with van der Waals surface area (Å²) >= 11 is 0. The first-order chi connectivity index (χ1) is 8.18. The number of hydrogen-bond donors (Lipinski definition) is 1. The Morgan fingerprint density at radius 1 is 1.53 bits per heavy atom. The average molecular weight is 233 g/mol. The van der Waals surface area contributed by atoms with Crippen molar-refractivity contribution in [1.29, 1.82) is 0 Å². The number of nitrogens with two attached hydrogens (primary N) is 1. The Labute approximate surface area is 102 Å². The molecule has 2 rings (SSSR count). The number of benzene rings is 1. The minimum absolute atomic E-state index is 0.167. The summed E-state index contributed by atoms with van der Waals surface area (Å²) in [5, 5.41) is 0. The lowest BCUT2D eigenvalue weighted by atomic mass is 10.0. The molecule has 3 nitrogen and oxygen atoms in total. The van der Waals surface area contributed by atoms with Crippen LogP contribution in [0.15, 0.2) is 18.2 Å². The number of fused-ring (bicyclic) bond motifs is 1. The first kappa shape index (κ1) is 12.1. The fraction of sp³-hybridized carbons (Fsp3) is 0.500. The second-order valence-corrected chi connectivity index (χ2v) is 4.68. The molecular formula is C14H19NO2. The Balaban J connectivity index is 2.02. The van der Waals surface area contributed by atoms with Gasteiger partial charge < -0.3 is 10.5 Å². The minimum Gasteiger partial charge on any atom is -0.492 e. The van der Waals surface area contributed by atoms with Gasteiger partial charge in [-0.15, -0.1) is 0 Å². The summed E-state index contributed by atoms with van der Waals surface area (Å²) in [5.74, 6) is 0.975. The van der Waals surface area contributed by atoms with Crippen molar-refractivity contribution in [3.05, 3.63) is 29.3 Å². The molecule has 92 valence electrons. The van der Waals surface area contributed by atoms with E-state index in [1.54, 1.807) is 0 Å². The zero-order valence-electron chi connectivity index (χ0n) is 10.2. The molecular weight excluding hydrogens is 214 g/mol. The van der Waals surface area contributed by atoms with E-state index in [9.17, 15) is 4.79 Å². The van der Waals surface area contributed by atoms with Gasteiger partial charge in [0.15, 0.2) is 5.78 Å². The van der Waals surface area contributed by atoms with Crippen molar-refractivity contribution in [3.63, 3.8) is 0 Å². The van der Waals surface area contributed by atoms with Crippen LogP contribution in [0, 0.1) is 0 Å². The van der Waals surface area contributed by atoms with E-state index in [4.69, 9.17) is 10.5 Å². The molecule has 0 aromatic heterocycles. The fourth-order valence-corrected chi connectivity index (χ4v) is 2.15. The summed E-state index contributed by atoms with van der Waals surface area (Å²) in [4.78, 5) is 12.1. The van der Waals surface area contributed by atoms with Gasteiger partial charge in [0.05, 0.1) is 12.2 Å². The van der Waals surface area contributed by atoms with Crippen molar-refractivity contribution in [2.45, 2.75) is 38.6 Å². The molecule has 3 heteroatoms. The Kier molecular flexibility index (Phi) is 3.79. The maximum atomic E-state index is 12.1. The summed E-state index contributed by atoms with van der Waals surface area (Å²) in [5.41, 5.74) is 7.57. The summed E-state index contributed by atoms with van der Waals surface area (Å²) in [6.07, 6.45) is 3.21. The molecule has 0 amide bonds. The van der Waals surface area contributed by atoms with Crippen LogP contribution in [-0.2, 0) is 6.42 Å². The summed E-state index contributed by atoms with van der Waals surface area (Å²) in [6, 6.07) is 5.99. The van der Waals surface area contributed by atoms with E-state index in [1.165, 1.54) is 0 Å². The van der Waals surface area contributed by atoms with Crippen molar-refractivity contribution in [2.24, 2.45) is 5.73 Å². The molecule has 0 saturated carbocycles. The van der Waals surface area contributed by atoms with Crippen LogP contribution in [0.1, 0.15) is 42.1 Å². The van der Waals surface area contributed by atoms with E-state index in [1.807, 2.05) is 25.1 Å². The van der Waals surface area contributed by atoms with Crippen LogP contribution in [0.5, 0.6) is 5.75 Å². The van der Waals surface area contributed by atoms with E-state index in [2.05, 4.69) is 0 Å². The number of Topliss-reactive ketones (excluding diaryl/α,β-unsaturated/α-hetero) is 1. The van der Waals surface area contributed by atoms with Gasteiger partial charge in [0.25, 0.3) is 0 Å². The largest absolute Gasteiger partial charge is 0.492 e. The van der Waals surface area contributed by atoms with Crippen LogP contribution in [0.3, 0.4) is 0 Å². The Morgan fingerprint density at radius 2 is 2.35 bits per heavy atom.